The molecule has 0 spiro atoms. The van der Waals surface area contributed by atoms with Crippen molar-refractivity contribution in [3.8, 4) is 0 Å². The number of aryl methyl sites for hydroxylation is 1. The zero-order valence-electron chi connectivity index (χ0n) is 24.5. The van der Waals surface area contributed by atoms with Crippen molar-refractivity contribution < 1.29 is 13.0 Å². The van der Waals surface area contributed by atoms with Crippen molar-refractivity contribution in [2.75, 3.05) is 0 Å². The number of unbranched alkanes of at least 4 members (excludes halogenated alkanes) is 20. The molecule has 1 aromatic rings. The molecule has 216 valence electrons. The van der Waals surface area contributed by atoms with Crippen molar-refractivity contribution in [2.24, 2.45) is 0 Å². The van der Waals surface area contributed by atoms with E-state index in [1.165, 1.54) is 116 Å². The van der Waals surface area contributed by atoms with Crippen LogP contribution in [0.25, 0.3) is 0 Å². The highest BCUT2D eigenvalue weighted by Gasteiger charge is 2.26. The van der Waals surface area contributed by atoms with Crippen LogP contribution in [0.15, 0.2) is 24.3 Å². The molecule has 0 amide bonds. The maximum absolute atomic E-state index is 12.2. The Labute approximate surface area is 231 Å². The largest absolute Gasteiger partial charge is 0.285 e. The highest BCUT2D eigenvalue weighted by molar-refractivity contribution is 7.86. The first-order valence-electron chi connectivity index (χ1n) is 16.0. The molecule has 3 nitrogen and oxygen atoms in total. The van der Waals surface area contributed by atoms with Gasteiger partial charge in [0.2, 0.25) is 0 Å². The fourth-order valence-electron chi connectivity index (χ4n) is 5.51. The fourth-order valence-corrected chi connectivity index (χ4v) is 6.53. The fraction of sp³-hybridized carbons (Fsp3) is 0.818. The summed E-state index contributed by atoms with van der Waals surface area (Å²) in [6.07, 6.45) is 29.8. The van der Waals surface area contributed by atoms with Gasteiger partial charge in [0.15, 0.2) is 0 Å². The quantitative estimate of drug-likeness (QED) is 0.0946. The van der Waals surface area contributed by atoms with Crippen LogP contribution in [0.1, 0.15) is 178 Å². The Morgan fingerprint density at radius 2 is 0.946 bits per heavy atom. The lowest BCUT2D eigenvalue weighted by molar-refractivity contribution is 0.458. The normalized spacial score (nSPS) is 12.7. The van der Waals surface area contributed by atoms with Crippen molar-refractivity contribution in [2.45, 2.75) is 173 Å². The summed E-state index contributed by atoms with van der Waals surface area (Å²) >= 11 is 0. The van der Waals surface area contributed by atoms with Crippen LogP contribution >= 0.6 is 0 Å². The number of hydrogen-bond acceptors (Lipinski definition) is 2. The highest BCUT2D eigenvalue weighted by atomic mass is 32.2. The van der Waals surface area contributed by atoms with Gasteiger partial charge in [0, 0.05) is 0 Å². The van der Waals surface area contributed by atoms with Crippen LogP contribution in [0.4, 0.5) is 0 Å². The standard InChI is InChI=1S/C33H60O3S/c1-3-5-7-9-11-12-13-14-15-16-17-18-19-20-21-23-27-31-28-25-26-29-32(31)33(37(34,35)36)30-24-22-10-8-6-4-2/h25-26,28-29,33H,3-24,27,30H2,1-2H3,(H,34,35,36). The van der Waals surface area contributed by atoms with E-state index in [0.717, 1.165) is 43.2 Å². The maximum Gasteiger partial charge on any atom is 0.271 e. The lowest BCUT2D eigenvalue weighted by Gasteiger charge is -2.18. The van der Waals surface area contributed by atoms with Crippen molar-refractivity contribution in [1.82, 2.24) is 0 Å². The second-order valence-electron chi connectivity index (χ2n) is 11.3. The number of hydrogen-bond donors (Lipinski definition) is 1. The van der Waals surface area contributed by atoms with E-state index in [2.05, 4.69) is 19.9 Å². The molecule has 0 bridgehead atoms. The van der Waals surface area contributed by atoms with Crippen molar-refractivity contribution >= 4 is 10.1 Å². The van der Waals surface area contributed by atoms with Gasteiger partial charge in [0.05, 0.1) is 0 Å². The van der Waals surface area contributed by atoms with Gasteiger partial charge in [-0.1, -0.05) is 173 Å². The molecule has 0 radical (unpaired) electrons. The SMILES string of the molecule is CCCCCCCCCCCCCCCCCCc1ccccc1C(CCCCCCCC)S(=O)(=O)O. The van der Waals surface area contributed by atoms with E-state index in [0.29, 0.717) is 6.42 Å². The summed E-state index contributed by atoms with van der Waals surface area (Å²) in [5.41, 5.74) is 1.92. The van der Waals surface area contributed by atoms with Crippen LogP contribution in [0, 0.1) is 0 Å². The molecule has 0 fully saturated rings. The Morgan fingerprint density at radius 3 is 1.38 bits per heavy atom. The minimum atomic E-state index is -4.10. The van der Waals surface area contributed by atoms with Gasteiger partial charge in [0.1, 0.15) is 5.25 Å². The molecular formula is C33H60O3S. The van der Waals surface area contributed by atoms with Crippen molar-refractivity contribution in [3.63, 3.8) is 0 Å². The van der Waals surface area contributed by atoms with Crippen LogP contribution in [0.3, 0.4) is 0 Å². The third kappa shape index (κ3) is 18.1. The summed E-state index contributed by atoms with van der Waals surface area (Å²) in [6, 6.07) is 7.88. The molecule has 0 heterocycles. The van der Waals surface area contributed by atoms with Gasteiger partial charge in [-0.25, -0.2) is 0 Å². The van der Waals surface area contributed by atoms with Gasteiger partial charge < -0.3 is 0 Å². The Kier molecular flexibility index (Phi) is 21.3. The maximum atomic E-state index is 12.2. The summed E-state index contributed by atoms with van der Waals surface area (Å²) in [5, 5.41) is -0.782. The van der Waals surface area contributed by atoms with E-state index in [-0.39, 0.29) is 0 Å². The van der Waals surface area contributed by atoms with E-state index < -0.39 is 15.4 Å². The smallest absolute Gasteiger partial charge is 0.271 e. The Hall–Kier alpha value is -0.870. The summed E-state index contributed by atoms with van der Waals surface area (Å²) in [5.74, 6) is 0. The molecule has 0 saturated carbocycles. The monoisotopic (exact) mass is 536 g/mol. The van der Waals surface area contributed by atoms with E-state index in [4.69, 9.17) is 0 Å². The van der Waals surface area contributed by atoms with Crippen molar-refractivity contribution in [1.29, 1.82) is 0 Å². The van der Waals surface area contributed by atoms with Gasteiger partial charge in [-0.15, -0.1) is 0 Å². The van der Waals surface area contributed by atoms with E-state index in [9.17, 15) is 13.0 Å². The van der Waals surface area contributed by atoms with Gasteiger partial charge in [-0.2, -0.15) is 8.42 Å². The summed E-state index contributed by atoms with van der Waals surface area (Å²) < 4.78 is 34.4. The lowest BCUT2D eigenvalue weighted by atomic mass is 9.96. The first kappa shape index (κ1) is 34.2. The molecular weight excluding hydrogens is 476 g/mol. The molecule has 0 aliphatic heterocycles. The second kappa shape index (κ2) is 23.1. The van der Waals surface area contributed by atoms with E-state index >= 15 is 0 Å². The summed E-state index contributed by atoms with van der Waals surface area (Å²) in [7, 11) is -4.10. The van der Waals surface area contributed by atoms with Crippen LogP contribution in [0.2, 0.25) is 0 Å². The van der Waals surface area contributed by atoms with Gasteiger partial charge in [-0.05, 0) is 30.4 Å². The third-order valence-electron chi connectivity index (χ3n) is 7.88. The van der Waals surface area contributed by atoms with Gasteiger partial charge >= 0.3 is 0 Å². The molecule has 1 atom stereocenters. The summed E-state index contributed by atoms with van der Waals surface area (Å²) in [6.45, 7) is 4.48. The molecule has 37 heavy (non-hydrogen) atoms. The van der Waals surface area contributed by atoms with Crippen LogP contribution in [0.5, 0.6) is 0 Å². The lowest BCUT2D eigenvalue weighted by Crippen LogP contribution is -2.14. The zero-order chi connectivity index (χ0) is 27.0. The highest BCUT2D eigenvalue weighted by Crippen LogP contribution is 2.31. The van der Waals surface area contributed by atoms with Gasteiger partial charge in [-0.3, -0.25) is 4.55 Å². The first-order chi connectivity index (χ1) is 18.0. The van der Waals surface area contributed by atoms with Gasteiger partial charge in [0.25, 0.3) is 10.1 Å². The van der Waals surface area contributed by atoms with E-state index in [1.54, 1.807) is 0 Å². The predicted molar refractivity (Wildman–Crippen MR) is 162 cm³/mol. The molecule has 0 aliphatic carbocycles. The molecule has 1 aromatic carbocycles. The molecule has 0 aromatic heterocycles. The molecule has 1 unspecified atom stereocenters. The average molecular weight is 537 g/mol. The zero-order valence-corrected chi connectivity index (χ0v) is 25.3. The van der Waals surface area contributed by atoms with Crippen LogP contribution < -0.4 is 0 Å². The molecule has 4 heteroatoms. The molecule has 0 aliphatic rings. The first-order valence-corrected chi connectivity index (χ1v) is 17.5. The topological polar surface area (TPSA) is 54.4 Å². The minimum absolute atomic E-state index is 0.515. The van der Waals surface area contributed by atoms with E-state index in [1.807, 2.05) is 18.2 Å². The predicted octanol–water partition coefficient (Wildman–Crippen LogP) is 11.2. The second-order valence-corrected chi connectivity index (χ2v) is 12.9. The number of rotatable bonds is 26. The van der Waals surface area contributed by atoms with Crippen molar-refractivity contribution in [3.05, 3.63) is 35.4 Å². The van der Waals surface area contributed by atoms with Crippen LogP contribution in [-0.4, -0.2) is 13.0 Å². The number of benzene rings is 1. The Morgan fingerprint density at radius 1 is 0.568 bits per heavy atom. The Balaban J connectivity index is 2.21. The molecule has 0 saturated heterocycles. The average Bonchev–Trinajstić information content (AvgIpc) is 2.87. The van der Waals surface area contributed by atoms with Crippen LogP contribution in [-0.2, 0) is 16.5 Å². The molecule has 1 N–H and O–H groups in total. The Bertz CT molecular complexity index is 744. The molecule has 1 rings (SSSR count). The third-order valence-corrected chi connectivity index (χ3v) is 9.09. The summed E-state index contributed by atoms with van der Waals surface area (Å²) in [4.78, 5) is 0. The minimum Gasteiger partial charge on any atom is -0.285 e.